The van der Waals surface area contributed by atoms with Gasteiger partial charge < -0.3 is 14.7 Å². The summed E-state index contributed by atoms with van der Waals surface area (Å²) >= 11 is 0. The van der Waals surface area contributed by atoms with Crippen molar-refractivity contribution >= 4 is 6.09 Å². The van der Waals surface area contributed by atoms with Gasteiger partial charge in [0.2, 0.25) is 0 Å². The van der Waals surface area contributed by atoms with Gasteiger partial charge in [0.15, 0.2) is 5.75 Å². The molecule has 5 nitrogen and oxygen atoms in total. The summed E-state index contributed by atoms with van der Waals surface area (Å²) in [4.78, 5) is 16.6. The number of alkyl halides is 6. The maximum atomic E-state index is 13.1. The van der Waals surface area contributed by atoms with Gasteiger partial charge in [0, 0.05) is 0 Å². The van der Waals surface area contributed by atoms with Crippen LogP contribution in [0.15, 0.2) is 48.5 Å². The first kappa shape index (κ1) is 23.2. The van der Waals surface area contributed by atoms with Gasteiger partial charge in [-0.2, -0.15) is 26.3 Å². The fourth-order valence-electron chi connectivity index (χ4n) is 2.46. The predicted octanol–water partition coefficient (Wildman–Crippen LogP) is 5.86. The van der Waals surface area contributed by atoms with Crippen molar-refractivity contribution in [3.05, 3.63) is 59.7 Å². The van der Waals surface area contributed by atoms with E-state index in [4.69, 9.17) is 9.57 Å². The number of nitrogens with zero attached hydrogens (tertiary/aromatic N) is 1. The lowest BCUT2D eigenvalue weighted by Gasteiger charge is -2.28. The highest BCUT2D eigenvalue weighted by Gasteiger charge is 2.36. The van der Waals surface area contributed by atoms with Gasteiger partial charge >= 0.3 is 18.4 Å². The predicted molar refractivity (Wildman–Crippen MR) is 93.0 cm³/mol. The lowest BCUT2D eigenvalue weighted by Crippen LogP contribution is -2.45. The Morgan fingerprint density at radius 1 is 1.03 bits per heavy atom. The quantitative estimate of drug-likeness (QED) is 0.436. The van der Waals surface area contributed by atoms with Crippen molar-refractivity contribution < 1.29 is 45.8 Å². The Hall–Kier alpha value is -3.11. The Balaban J connectivity index is 2.20. The van der Waals surface area contributed by atoms with Crippen LogP contribution in [0.5, 0.6) is 11.5 Å². The molecule has 2 rings (SSSR count). The van der Waals surface area contributed by atoms with E-state index in [2.05, 4.69) is 0 Å². The third-order valence-corrected chi connectivity index (χ3v) is 3.98. The van der Waals surface area contributed by atoms with Gasteiger partial charge in [-0.3, -0.25) is 0 Å². The molecular weight excluding hydrogens is 420 g/mol. The molecule has 0 heterocycles. The Morgan fingerprint density at radius 3 is 2.27 bits per heavy atom. The van der Waals surface area contributed by atoms with Crippen molar-refractivity contribution in [1.29, 1.82) is 0 Å². The average Bonchev–Trinajstić information content (AvgIpc) is 2.66. The number of para-hydroxylation sites is 1. The van der Waals surface area contributed by atoms with E-state index < -0.39 is 48.0 Å². The number of hydrogen-bond acceptors (Lipinski definition) is 3. The van der Waals surface area contributed by atoms with Crippen LogP contribution in [-0.4, -0.2) is 28.9 Å². The summed E-state index contributed by atoms with van der Waals surface area (Å²) in [6.45, 7) is 1.08. The monoisotopic (exact) mass is 437 g/mol. The highest BCUT2D eigenvalue weighted by atomic mass is 19.4. The minimum atomic E-state index is -4.78. The summed E-state index contributed by atoms with van der Waals surface area (Å²) in [7, 11) is 0. The third kappa shape index (κ3) is 5.94. The first-order valence-electron chi connectivity index (χ1n) is 8.60. The van der Waals surface area contributed by atoms with Crippen LogP contribution >= 0.6 is 0 Å². The van der Waals surface area contributed by atoms with Crippen LogP contribution < -0.4 is 9.57 Å². The Kier molecular flexibility index (Phi) is 7.06. The van der Waals surface area contributed by atoms with Gasteiger partial charge in [0.05, 0.1) is 5.56 Å². The topological polar surface area (TPSA) is 59.0 Å². The van der Waals surface area contributed by atoms with Gasteiger partial charge in [0.25, 0.3) is 0 Å². The lowest BCUT2D eigenvalue weighted by molar-refractivity contribution is -0.144. The zero-order valence-corrected chi connectivity index (χ0v) is 15.5. The van der Waals surface area contributed by atoms with Crippen LogP contribution in [0.25, 0.3) is 0 Å². The number of amides is 1. The molecular formula is C19H17F6NO4. The van der Waals surface area contributed by atoms with Crippen LogP contribution in [0, 0.1) is 0 Å². The molecule has 30 heavy (non-hydrogen) atoms. The fourth-order valence-corrected chi connectivity index (χ4v) is 2.46. The molecule has 0 fully saturated rings. The van der Waals surface area contributed by atoms with Crippen LogP contribution in [0.1, 0.15) is 24.5 Å². The largest absolute Gasteiger partial charge is 0.491 e. The Morgan fingerprint density at radius 2 is 1.70 bits per heavy atom. The van der Waals surface area contributed by atoms with E-state index in [0.29, 0.717) is 0 Å². The summed E-state index contributed by atoms with van der Waals surface area (Å²) in [5.74, 6) is -0.908. The minimum absolute atomic E-state index is 0.0550. The fraction of sp³-hybridized carbons (Fsp3) is 0.316. The molecule has 2 aromatic carbocycles. The number of rotatable bonds is 7. The van der Waals surface area contributed by atoms with Gasteiger partial charge in [-0.1, -0.05) is 25.1 Å². The van der Waals surface area contributed by atoms with Crippen LogP contribution in [0.2, 0.25) is 0 Å². The van der Waals surface area contributed by atoms with Crippen molar-refractivity contribution in [2.45, 2.75) is 31.7 Å². The van der Waals surface area contributed by atoms with E-state index >= 15 is 0 Å². The minimum Gasteiger partial charge on any atom is -0.491 e. The number of carboxylic acid groups (broad SMARTS) is 1. The van der Waals surface area contributed by atoms with Gasteiger partial charge in [-0.15, -0.1) is 5.06 Å². The molecule has 0 saturated heterocycles. The smallest absolute Gasteiger partial charge is 0.441 e. The van der Waals surface area contributed by atoms with E-state index in [1.807, 2.05) is 0 Å². The van der Waals surface area contributed by atoms with E-state index in [9.17, 15) is 36.2 Å². The zero-order valence-electron chi connectivity index (χ0n) is 15.5. The molecule has 1 unspecified atom stereocenters. The number of ether oxygens (including phenoxy) is 1. The average molecular weight is 437 g/mol. The highest BCUT2D eigenvalue weighted by Crippen LogP contribution is 2.36. The zero-order chi connectivity index (χ0) is 22.5. The molecule has 0 aliphatic heterocycles. The standard InChI is InChI=1S/C19H17F6NO4/c1-2-13(11-29-14-7-5-6-12(10-14)18(20,21)22)26(17(27)28)30-16-9-4-3-8-15(16)19(23,24)25/h3-10,13H,2,11H2,1H3,(H,27,28). The molecule has 0 radical (unpaired) electrons. The molecule has 164 valence electrons. The number of halogens is 6. The molecule has 0 aliphatic carbocycles. The maximum Gasteiger partial charge on any atom is 0.441 e. The molecule has 0 saturated carbocycles. The molecule has 11 heteroatoms. The van der Waals surface area contributed by atoms with E-state index in [1.165, 1.54) is 19.1 Å². The maximum absolute atomic E-state index is 13.1. The van der Waals surface area contributed by atoms with Crippen molar-refractivity contribution in [3.63, 3.8) is 0 Å². The molecule has 2 aromatic rings. The summed E-state index contributed by atoms with van der Waals surface area (Å²) in [5, 5.41) is 9.68. The van der Waals surface area contributed by atoms with Crippen molar-refractivity contribution in [2.24, 2.45) is 0 Å². The summed E-state index contributed by atoms with van der Waals surface area (Å²) in [5.41, 5.74) is -2.14. The molecule has 1 N–H and O–H groups in total. The molecule has 1 amide bonds. The second kappa shape index (κ2) is 9.14. The number of benzene rings is 2. The molecule has 1 atom stereocenters. The summed E-state index contributed by atoms with van der Waals surface area (Å²) in [6.07, 6.45) is -11.0. The SMILES string of the molecule is CCC(COc1cccc(C(F)(F)F)c1)N(Oc1ccccc1C(F)(F)F)C(=O)O. The van der Waals surface area contributed by atoms with Crippen LogP contribution in [-0.2, 0) is 12.4 Å². The number of carbonyl (C=O) groups is 1. The van der Waals surface area contributed by atoms with Crippen molar-refractivity contribution in [1.82, 2.24) is 5.06 Å². The normalized spacial score (nSPS) is 12.9. The highest BCUT2D eigenvalue weighted by molar-refractivity contribution is 5.64. The van der Waals surface area contributed by atoms with Gasteiger partial charge in [-0.25, -0.2) is 4.79 Å². The van der Waals surface area contributed by atoms with Crippen LogP contribution in [0.3, 0.4) is 0 Å². The third-order valence-electron chi connectivity index (χ3n) is 3.98. The second-order valence-corrected chi connectivity index (χ2v) is 6.09. The summed E-state index contributed by atoms with van der Waals surface area (Å²) in [6, 6.07) is 6.88. The van der Waals surface area contributed by atoms with Gasteiger partial charge in [0.1, 0.15) is 24.0 Å². The summed E-state index contributed by atoms with van der Waals surface area (Å²) < 4.78 is 83.0. The van der Waals surface area contributed by atoms with E-state index in [0.717, 1.165) is 36.4 Å². The molecule has 0 aliphatic rings. The lowest BCUT2D eigenvalue weighted by atomic mass is 10.2. The first-order chi connectivity index (χ1) is 13.9. The second-order valence-electron chi connectivity index (χ2n) is 6.09. The van der Waals surface area contributed by atoms with E-state index in [1.54, 1.807) is 0 Å². The molecule has 0 bridgehead atoms. The number of hydrogen-bond donors (Lipinski definition) is 1. The van der Waals surface area contributed by atoms with Gasteiger partial charge in [-0.05, 0) is 36.8 Å². The number of hydroxylamine groups is 2. The Bertz CT molecular complexity index is 869. The Labute approximate surface area is 167 Å². The van der Waals surface area contributed by atoms with Crippen molar-refractivity contribution in [2.75, 3.05) is 6.61 Å². The first-order valence-corrected chi connectivity index (χ1v) is 8.60. The van der Waals surface area contributed by atoms with Crippen LogP contribution in [0.4, 0.5) is 31.1 Å². The molecule has 0 aromatic heterocycles. The molecule has 0 spiro atoms. The van der Waals surface area contributed by atoms with E-state index in [-0.39, 0.29) is 17.2 Å². The van der Waals surface area contributed by atoms with Crippen molar-refractivity contribution in [3.8, 4) is 11.5 Å².